The van der Waals surface area contributed by atoms with Gasteiger partial charge in [0.15, 0.2) is 5.82 Å². The summed E-state index contributed by atoms with van der Waals surface area (Å²) in [7, 11) is 0. The van der Waals surface area contributed by atoms with E-state index in [0.717, 1.165) is 47.1 Å². The molecule has 1 N–H and O–H groups in total. The average Bonchev–Trinajstić information content (AvgIpc) is 3.37. The number of hydrogen-bond acceptors (Lipinski definition) is 5. The molecule has 1 aliphatic carbocycles. The van der Waals surface area contributed by atoms with Gasteiger partial charge >= 0.3 is 0 Å². The zero-order valence-corrected chi connectivity index (χ0v) is 21.6. The third-order valence-electron chi connectivity index (χ3n) is 7.61. The van der Waals surface area contributed by atoms with Crippen LogP contribution in [-0.2, 0) is 13.1 Å². The van der Waals surface area contributed by atoms with Crippen molar-refractivity contribution in [2.75, 3.05) is 0 Å². The molecular formula is C29H36N6O. The second-order valence-electron chi connectivity index (χ2n) is 10.3. The van der Waals surface area contributed by atoms with Crippen molar-refractivity contribution in [2.45, 2.75) is 84.5 Å². The summed E-state index contributed by atoms with van der Waals surface area (Å²) in [5.41, 5.74) is 5.15. The Morgan fingerprint density at radius 3 is 2.58 bits per heavy atom. The summed E-state index contributed by atoms with van der Waals surface area (Å²) in [6.45, 7) is 7.54. The van der Waals surface area contributed by atoms with Crippen molar-refractivity contribution in [3.05, 3.63) is 87.0 Å². The minimum atomic E-state index is -0.0348. The molecule has 1 aliphatic rings. The van der Waals surface area contributed by atoms with Gasteiger partial charge in [-0.2, -0.15) is 0 Å². The van der Waals surface area contributed by atoms with Crippen molar-refractivity contribution in [2.24, 2.45) is 0 Å². The van der Waals surface area contributed by atoms with Crippen LogP contribution in [0.4, 0.5) is 0 Å². The highest BCUT2D eigenvalue weighted by Crippen LogP contribution is 2.32. The van der Waals surface area contributed by atoms with Crippen LogP contribution >= 0.6 is 0 Å². The molecule has 7 heteroatoms. The van der Waals surface area contributed by atoms with Gasteiger partial charge in [0, 0.05) is 18.7 Å². The van der Waals surface area contributed by atoms with E-state index in [1.807, 2.05) is 25.1 Å². The Morgan fingerprint density at radius 1 is 1.06 bits per heavy atom. The monoisotopic (exact) mass is 484 g/mol. The van der Waals surface area contributed by atoms with Crippen molar-refractivity contribution in [3.8, 4) is 0 Å². The van der Waals surface area contributed by atoms with Crippen LogP contribution in [0.15, 0.2) is 53.3 Å². The molecule has 2 aromatic heterocycles. The fourth-order valence-electron chi connectivity index (χ4n) is 5.58. The molecule has 0 saturated heterocycles. The van der Waals surface area contributed by atoms with Crippen molar-refractivity contribution in [3.63, 3.8) is 0 Å². The van der Waals surface area contributed by atoms with Gasteiger partial charge in [0.05, 0.1) is 17.6 Å². The van der Waals surface area contributed by atoms with E-state index in [9.17, 15) is 4.79 Å². The fraction of sp³-hybridized carbons (Fsp3) is 0.448. The van der Waals surface area contributed by atoms with Gasteiger partial charge in [-0.15, -0.1) is 5.10 Å². The molecule has 36 heavy (non-hydrogen) atoms. The Balaban J connectivity index is 1.53. The Bertz CT molecular complexity index is 1370. The number of aromatic nitrogens is 5. The number of aromatic amines is 1. The van der Waals surface area contributed by atoms with Gasteiger partial charge in [-0.1, -0.05) is 74.2 Å². The molecule has 0 spiro atoms. The topological polar surface area (TPSA) is 79.7 Å². The molecule has 7 nitrogen and oxygen atoms in total. The van der Waals surface area contributed by atoms with Gasteiger partial charge in [0.1, 0.15) is 0 Å². The first kappa shape index (κ1) is 24.4. The maximum absolute atomic E-state index is 13.2. The Kier molecular flexibility index (Phi) is 7.28. The summed E-state index contributed by atoms with van der Waals surface area (Å²) in [5, 5.41) is 14.2. The van der Waals surface area contributed by atoms with Crippen LogP contribution in [0, 0.1) is 13.8 Å². The molecule has 2 heterocycles. The molecule has 0 unspecified atom stereocenters. The van der Waals surface area contributed by atoms with E-state index in [4.69, 9.17) is 0 Å². The first-order valence-corrected chi connectivity index (χ1v) is 13.2. The zero-order valence-electron chi connectivity index (χ0n) is 21.6. The highest BCUT2D eigenvalue weighted by Gasteiger charge is 2.29. The van der Waals surface area contributed by atoms with E-state index in [-0.39, 0.29) is 11.6 Å². The van der Waals surface area contributed by atoms with Gasteiger partial charge in [0.25, 0.3) is 5.56 Å². The lowest BCUT2D eigenvalue weighted by molar-refractivity contribution is 0.155. The van der Waals surface area contributed by atoms with Gasteiger partial charge in [-0.25, -0.2) is 4.68 Å². The largest absolute Gasteiger partial charge is 0.321 e. The molecule has 0 amide bonds. The Labute approximate surface area is 212 Å². The van der Waals surface area contributed by atoms with E-state index in [1.165, 1.54) is 30.4 Å². The average molecular weight is 485 g/mol. The van der Waals surface area contributed by atoms with Crippen LogP contribution in [0.5, 0.6) is 0 Å². The minimum Gasteiger partial charge on any atom is -0.321 e. The molecule has 2 aromatic carbocycles. The summed E-state index contributed by atoms with van der Waals surface area (Å²) >= 11 is 0. The van der Waals surface area contributed by atoms with Gasteiger partial charge in [-0.05, 0) is 66.1 Å². The van der Waals surface area contributed by atoms with Crippen molar-refractivity contribution < 1.29 is 0 Å². The molecule has 1 atom stereocenters. The molecule has 4 aromatic rings. The number of para-hydroxylation sites is 1. The summed E-state index contributed by atoms with van der Waals surface area (Å²) in [6, 6.07) is 17.2. The fourth-order valence-corrected chi connectivity index (χ4v) is 5.58. The first-order chi connectivity index (χ1) is 17.5. The first-order valence-electron chi connectivity index (χ1n) is 13.2. The zero-order chi connectivity index (χ0) is 25.1. The van der Waals surface area contributed by atoms with Crippen LogP contribution in [0.25, 0.3) is 10.9 Å². The van der Waals surface area contributed by atoms with E-state index in [2.05, 4.69) is 74.3 Å². The highest BCUT2D eigenvalue weighted by atomic mass is 16.1. The SMILES string of the molecule is CC[C@@H](c1nnnn1C1CCCCC1)N(Cc1ccc(C)cc1)Cc1cc2cccc(C)c2[nH]c1=O. The number of pyridine rings is 1. The molecule has 5 rings (SSSR count). The lowest BCUT2D eigenvalue weighted by atomic mass is 9.95. The quantitative estimate of drug-likeness (QED) is 0.342. The predicted octanol–water partition coefficient (Wildman–Crippen LogP) is 5.79. The smallest absolute Gasteiger partial charge is 0.252 e. The maximum atomic E-state index is 13.2. The number of H-pyrrole nitrogens is 1. The summed E-state index contributed by atoms with van der Waals surface area (Å²) < 4.78 is 2.07. The number of tetrazole rings is 1. The highest BCUT2D eigenvalue weighted by molar-refractivity contribution is 5.81. The lowest BCUT2D eigenvalue weighted by Gasteiger charge is -2.32. The van der Waals surface area contributed by atoms with Crippen LogP contribution in [0.3, 0.4) is 0 Å². The predicted molar refractivity (Wildman–Crippen MR) is 143 cm³/mol. The number of rotatable bonds is 8. The van der Waals surface area contributed by atoms with Gasteiger partial charge in [0.2, 0.25) is 0 Å². The second kappa shape index (κ2) is 10.7. The summed E-state index contributed by atoms with van der Waals surface area (Å²) in [4.78, 5) is 18.7. The van der Waals surface area contributed by atoms with E-state index in [0.29, 0.717) is 19.1 Å². The van der Waals surface area contributed by atoms with E-state index >= 15 is 0 Å². The number of hydrogen-bond donors (Lipinski definition) is 1. The van der Waals surface area contributed by atoms with Crippen LogP contribution in [-0.4, -0.2) is 30.1 Å². The van der Waals surface area contributed by atoms with E-state index < -0.39 is 0 Å². The van der Waals surface area contributed by atoms with Crippen LogP contribution < -0.4 is 5.56 Å². The molecule has 0 aliphatic heterocycles. The molecule has 1 fully saturated rings. The van der Waals surface area contributed by atoms with Crippen LogP contribution in [0.1, 0.15) is 85.6 Å². The number of benzene rings is 2. The Morgan fingerprint density at radius 2 is 1.83 bits per heavy atom. The molecule has 188 valence electrons. The van der Waals surface area contributed by atoms with Gasteiger partial charge < -0.3 is 4.98 Å². The van der Waals surface area contributed by atoms with Crippen molar-refractivity contribution >= 4 is 10.9 Å². The normalized spacial score (nSPS) is 15.6. The molecule has 0 radical (unpaired) electrons. The lowest BCUT2D eigenvalue weighted by Crippen LogP contribution is -2.33. The van der Waals surface area contributed by atoms with Crippen LogP contribution in [0.2, 0.25) is 0 Å². The number of fused-ring (bicyclic) bond motifs is 1. The standard InChI is InChI=1S/C29H36N6O/c1-4-26(28-31-32-33-35(28)25-11-6-5-7-12-25)34(18-22-15-13-20(2)14-16-22)19-24-17-23-10-8-9-21(3)27(23)30-29(24)36/h8-10,13-17,25-26H,4-7,11-12,18-19H2,1-3H3,(H,30,36)/t26-/m0/s1. The second-order valence-corrected chi connectivity index (χ2v) is 10.3. The number of aryl methyl sites for hydroxylation is 2. The third-order valence-corrected chi connectivity index (χ3v) is 7.61. The van der Waals surface area contributed by atoms with Crippen molar-refractivity contribution in [1.29, 1.82) is 0 Å². The minimum absolute atomic E-state index is 0.00386. The molecule has 0 bridgehead atoms. The maximum Gasteiger partial charge on any atom is 0.252 e. The number of nitrogens with one attached hydrogen (secondary N) is 1. The molecule has 1 saturated carbocycles. The molecular weight excluding hydrogens is 448 g/mol. The Hall–Kier alpha value is -3.32. The number of nitrogens with zero attached hydrogens (tertiary/aromatic N) is 5. The van der Waals surface area contributed by atoms with Crippen molar-refractivity contribution in [1.82, 2.24) is 30.1 Å². The van der Waals surface area contributed by atoms with Gasteiger partial charge in [-0.3, -0.25) is 9.69 Å². The third kappa shape index (κ3) is 5.12. The summed E-state index contributed by atoms with van der Waals surface area (Å²) in [6.07, 6.45) is 6.82. The summed E-state index contributed by atoms with van der Waals surface area (Å²) in [5.74, 6) is 0.907. The van der Waals surface area contributed by atoms with E-state index in [1.54, 1.807) is 0 Å².